The van der Waals surface area contributed by atoms with Gasteiger partial charge in [-0.1, -0.05) is 18.2 Å². The number of hydrogen-bond donors (Lipinski definition) is 2. The molecule has 1 heterocycles. The Hall–Kier alpha value is -1.42. The van der Waals surface area contributed by atoms with Crippen LogP contribution in [0.25, 0.3) is 0 Å². The largest absolute Gasteiger partial charge is 0.356 e. The van der Waals surface area contributed by atoms with Crippen molar-refractivity contribution in [1.82, 2.24) is 10.2 Å². The molecule has 0 radical (unpaired) electrons. The first-order valence-corrected chi connectivity index (χ1v) is 6.68. The normalized spacial score (nSPS) is 21.9. The second-order valence-corrected chi connectivity index (χ2v) is 4.77. The van der Waals surface area contributed by atoms with E-state index in [1.165, 1.54) is 11.9 Å². The van der Waals surface area contributed by atoms with Crippen molar-refractivity contribution in [2.24, 2.45) is 4.99 Å². The van der Waals surface area contributed by atoms with Gasteiger partial charge in [-0.15, -0.1) is 0 Å². The minimum Gasteiger partial charge on any atom is -0.356 e. The SMILES string of the molecule is CNC1CCN(C(=NC=N)C2=CCC=CC2)CC1. The summed E-state index contributed by atoms with van der Waals surface area (Å²) in [5.41, 5.74) is 1.27. The van der Waals surface area contributed by atoms with Crippen LogP contribution in [0.5, 0.6) is 0 Å². The summed E-state index contributed by atoms with van der Waals surface area (Å²) in [5.74, 6) is 1.00. The van der Waals surface area contributed by atoms with E-state index in [0.29, 0.717) is 6.04 Å². The van der Waals surface area contributed by atoms with Gasteiger partial charge in [0.15, 0.2) is 0 Å². The van der Waals surface area contributed by atoms with Gasteiger partial charge in [-0.3, -0.25) is 5.41 Å². The molecule has 0 amide bonds. The summed E-state index contributed by atoms with van der Waals surface area (Å²) in [5, 5.41) is 10.6. The Morgan fingerprint density at radius 1 is 1.44 bits per heavy atom. The van der Waals surface area contributed by atoms with E-state index in [9.17, 15) is 0 Å². The second kappa shape index (κ2) is 6.50. The first-order valence-electron chi connectivity index (χ1n) is 6.68. The molecule has 1 aliphatic heterocycles. The summed E-state index contributed by atoms with van der Waals surface area (Å²) in [6.07, 6.45) is 12.0. The topological polar surface area (TPSA) is 51.5 Å². The van der Waals surface area contributed by atoms with Crippen molar-refractivity contribution in [2.75, 3.05) is 20.1 Å². The molecule has 4 nitrogen and oxygen atoms in total. The zero-order valence-corrected chi connectivity index (χ0v) is 11.0. The van der Waals surface area contributed by atoms with Crippen molar-refractivity contribution in [3.05, 3.63) is 23.8 Å². The standard InChI is InChI=1S/C14H22N4/c1-16-13-7-9-18(10-8-13)14(17-11-15)12-5-3-2-4-6-12/h2-3,6,11,13,15-16H,4-5,7-10H2,1H3. The first-order chi connectivity index (χ1) is 8.85. The van der Waals surface area contributed by atoms with Crippen LogP contribution in [0.2, 0.25) is 0 Å². The number of nitrogens with one attached hydrogen (secondary N) is 2. The molecular weight excluding hydrogens is 224 g/mol. The highest BCUT2D eigenvalue weighted by Gasteiger charge is 2.22. The molecule has 2 N–H and O–H groups in total. The number of amidine groups is 1. The predicted molar refractivity (Wildman–Crippen MR) is 76.3 cm³/mol. The maximum Gasteiger partial charge on any atom is 0.133 e. The lowest BCUT2D eigenvalue weighted by Crippen LogP contribution is -2.44. The molecule has 1 saturated heterocycles. The van der Waals surface area contributed by atoms with Crippen LogP contribution in [0.4, 0.5) is 0 Å². The monoisotopic (exact) mass is 246 g/mol. The molecule has 2 rings (SSSR count). The molecule has 2 aliphatic rings. The Balaban J connectivity index is 2.05. The van der Waals surface area contributed by atoms with Gasteiger partial charge in [-0.25, -0.2) is 4.99 Å². The summed E-state index contributed by atoms with van der Waals surface area (Å²) in [6, 6.07) is 0.628. The van der Waals surface area contributed by atoms with Gasteiger partial charge < -0.3 is 10.2 Å². The lowest BCUT2D eigenvalue weighted by Gasteiger charge is -2.34. The lowest BCUT2D eigenvalue weighted by molar-refractivity contribution is 0.291. The third-order valence-electron chi connectivity index (χ3n) is 3.68. The lowest BCUT2D eigenvalue weighted by atomic mass is 10.0. The van der Waals surface area contributed by atoms with Gasteiger partial charge >= 0.3 is 0 Å². The van der Waals surface area contributed by atoms with Crippen LogP contribution in [0, 0.1) is 5.41 Å². The molecule has 0 aromatic rings. The van der Waals surface area contributed by atoms with E-state index in [-0.39, 0.29) is 0 Å². The van der Waals surface area contributed by atoms with Gasteiger partial charge in [0.2, 0.25) is 0 Å². The Kier molecular flexibility index (Phi) is 4.70. The van der Waals surface area contributed by atoms with Gasteiger partial charge in [-0.2, -0.15) is 0 Å². The fourth-order valence-corrected chi connectivity index (χ4v) is 2.59. The summed E-state index contributed by atoms with van der Waals surface area (Å²) in [7, 11) is 2.03. The third kappa shape index (κ3) is 3.07. The molecule has 0 unspecified atom stereocenters. The van der Waals surface area contributed by atoms with Crippen LogP contribution in [-0.4, -0.2) is 43.3 Å². The van der Waals surface area contributed by atoms with E-state index in [4.69, 9.17) is 5.41 Å². The zero-order chi connectivity index (χ0) is 12.8. The highest BCUT2D eigenvalue weighted by molar-refractivity contribution is 6.02. The summed E-state index contributed by atoms with van der Waals surface area (Å²) >= 11 is 0. The number of rotatable bonds is 3. The van der Waals surface area contributed by atoms with Crippen molar-refractivity contribution in [1.29, 1.82) is 5.41 Å². The van der Waals surface area contributed by atoms with Crippen molar-refractivity contribution in [3.8, 4) is 0 Å². The van der Waals surface area contributed by atoms with E-state index in [2.05, 4.69) is 33.4 Å². The summed E-state index contributed by atoms with van der Waals surface area (Å²) in [4.78, 5) is 6.61. The smallest absolute Gasteiger partial charge is 0.133 e. The summed E-state index contributed by atoms with van der Waals surface area (Å²) < 4.78 is 0. The van der Waals surface area contributed by atoms with E-state index in [1.807, 2.05) is 7.05 Å². The molecular formula is C14H22N4. The Labute approximate surface area is 109 Å². The van der Waals surface area contributed by atoms with Crippen LogP contribution in [0.3, 0.4) is 0 Å². The predicted octanol–water partition coefficient (Wildman–Crippen LogP) is 1.95. The molecule has 0 aromatic heterocycles. The maximum atomic E-state index is 7.25. The molecule has 1 fully saturated rings. The van der Waals surface area contributed by atoms with Gasteiger partial charge in [0.05, 0.1) is 0 Å². The van der Waals surface area contributed by atoms with Gasteiger partial charge in [0.25, 0.3) is 0 Å². The minimum atomic E-state index is 0.628. The van der Waals surface area contributed by atoms with E-state index in [1.54, 1.807) is 0 Å². The molecule has 1 aliphatic carbocycles. The van der Waals surface area contributed by atoms with E-state index < -0.39 is 0 Å². The van der Waals surface area contributed by atoms with Crippen LogP contribution in [0.15, 0.2) is 28.8 Å². The number of piperidine rings is 1. The van der Waals surface area contributed by atoms with Crippen LogP contribution < -0.4 is 5.32 Å². The van der Waals surface area contributed by atoms with E-state index >= 15 is 0 Å². The van der Waals surface area contributed by atoms with Gasteiger partial charge in [0.1, 0.15) is 12.2 Å². The second-order valence-electron chi connectivity index (χ2n) is 4.77. The Morgan fingerprint density at radius 2 is 2.22 bits per heavy atom. The highest BCUT2D eigenvalue weighted by atomic mass is 15.2. The number of hydrogen-bond acceptors (Lipinski definition) is 2. The molecule has 0 bridgehead atoms. The van der Waals surface area contributed by atoms with Crippen molar-refractivity contribution in [3.63, 3.8) is 0 Å². The highest BCUT2D eigenvalue weighted by Crippen LogP contribution is 2.19. The number of allylic oxidation sites excluding steroid dienone is 3. The Bertz CT molecular complexity index is 373. The van der Waals surface area contributed by atoms with Crippen LogP contribution >= 0.6 is 0 Å². The molecule has 0 saturated carbocycles. The average molecular weight is 246 g/mol. The Morgan fingerprint density at radius 3 is 2.78 bits per heavy atom. The van der Waals surface area contributed by atoms with Gasteiger partial charge in [-0.05, 0) is 38.3 Å². The maximum absolute atomic E-state index is 7.25. The third-order valence-corrected chi connectivity index (χ3v) is 3.68. The molecule has 98 valence electrons. The molecule has 4 heteroatoms. The minimum absolute atomic E-state index is 0.628. The number of aliphatic imine (C=N–C) groups is 1. The van der Waals surface area contributed by atoms with Crippen LogP contribution in [-0.2, 0) is 0 Å². The van der Waals surface area contributed by atoms with Crippen molar-refractivity contribution in [2.45, 2.75) is 31.7 Å². The van der Waals surface area contributed by atoms with Crippen molar-refractivity contribution >= 4 is 12.2 Å². The molecule has 0 atom stereocenters. The zero-order valence-electron chi connectivity index (χ0n) is 11.0. The summed E-state index contributed by atoms with van der Waals surface area (Å²) in [6.45, 7) is 2.05. The van der Waals surface area contributed by atoms with Gasteiger partial charge in [0, 0.05) is 19.1 Å². The quantitative estimate of drug-likeness (QED) is 0.454. The van der Waals surface area contributed by atoms with Crippen LogP contribution in [0.1, 0.15) is 25.7 Å². The average Bonchev–Trinajstić information content (AvgIpc) is 2.46. The fraction of sp³-hybridized carbons (Fsp3) is 0.571. The first kappa shape index (κ1) is 13.0. The number of likely N-dealkylation sites (tertiary alicyclic amines) is 1. The van der Waals surface area contributed by atoms with Crippen molar-refractivity contribution < 1.29 is 0 Å². The number of nitrogens with zero attached hydrogens (tertiary/aromatic N) is 2. The molecule has 0 spiro atoms. The fourth-order valence-electron chi connectivity index (χ4n) is 2.59. The molecule has 0 aromatic carbocycles. The molecule has 18 heavy (non-hydrogen) atoms. The van der Waals surface area contributed by atoms with E-state index in [0.717, 1.165) is 44.6 Å².